The summed E-state index contributed by atoms with van der Waals surface area (Å²) >= 11 is 0. The fourth-order valence-corrected chi connectivity index (χ4v) is 6.13. The Labute approximate surface area is 258 Å². The van der Waals surface area contributed by atoms with Gasteiger partial charge in [-0.05, 0) is 39.7 Å². The Kier molecular flexibility index (Phi) is 5.74. The number of rotatable bonds is 4. The van der Waals surface area contributed by atoms with Crippen molar-refractivity contribution in [3.8, 4) is 45.4 Å². The molecule has 0 atom stereocenters. The molecule has 0 unspecified atom stereocenters. The van der Waals surface area contributed by atoms with Crippen molar-refractivity contribution in [1.82, 2.24) is 19.9 Å². The Bertz CT molecular complexity index is 2540. The Morgan fingerprint density at radius 3 is 1.82 bits per heavy atom. The van der Waals surface area contributed by atoms with Crippen LogP contribution < -0.4 is 0 Å². The van der Waals surface area contributed by atoms with Crippen molar-refractivity contribution in [1.29, 1.82) is 0 Å². The van der Waals surface area contributed by atoms with Gasteiger partial charge in [0.15, 0.2) is 23.1 Å². The minimum Gasteiger partial charge on any atom is -0.454 e. The number of aromatic nitrogens is 4. The number of fused-ring (bicyclic) bond motifs is 6. The second-order valence-corrected chi connectivity index (χ2v) is 11.1. The molecule has 0 bridgehead atoms. The summed E-state index contributed by atoms with van der Waals surface area (Å²) < 4.78 is 6.43. The minimum atomic E-state index is 0.611. The van der Waals surface area contributed by atoms with Gasteiger partial charge < -0.3 is 4.42 Å². The van der Waals surface area contributed by atoms with E-state index in [1.54, 1.807) is 0 Å². The molecule has 3 aromatic heterocycles. The first-order chi connectivity index (χ1) is 22.3. The third-order valence-electron chi connectivity index (χ3n) is 8.37. The van der Waals surface area contributed by atoms with E-state index < -0.39 is 0 Å². The van der Waals surface area contributed by atoms with Crippen molar-refractivity contribution >= 4 is 43.5 Å². The average Bonchev–Trinajstić information content (AvgIpc) is 3.51. The molecule has 0 saturated carbocycles. The topological polar surface area (TPSA) is 64.7 Å². The lowest BCUT2D eigenvalue weighted by Crippen LogP contribution is -2.00. The van der Waals surface area contributed by atoms with Crippen molar-refractivity contribution in [3.63, 3.8) is 0 Å². The summed E-state index contributed by atoms with van der Waals surface area (Å²) in [6, 6.07) is 47.5. The number of furan rings is 1. The van der Waals surface area contributed by atoms with Crippen LogP contribution in [0.2, 0.25) is 0 Å². The molecule has 0 N–H and O–H groups in total. The predicted octanol–water partition coefficient (Wildman–Crippen LogP) is 10.1. The van der Waals surface area contributed by atoms with Gasteiger partial charge in [-0.1, -0.05) is 121 Å². The summed E-state index contributed by atoms with van der Waals surface area (Å²) in [6.07, 6.45) is 1.86. The predicted molar refractivity (Wildman–Crippen MR) is 182 cm³/mol. The maximum absolute atomic E-state index is 6.43. The van der Waals surface area contributed by atoms with E-state index in [1.807, 2.05) is 72.9 Å². The van der Waals surface area contributed by atoms with Gasteiger partial charge in [-0.25, -0.2) is 15.0 Å². The standard InChI is InChI=1S/C40H24N4O/c1-2-10-28(11-3-1)38-42-39(44-40(43-38)31-19-14-25-8-4-5-12-30(25)24-31)29-17-15-27(16-18-29)36-37-33(22-23-41-36)35-32-13-7-6-9-26(32)20-21-34(35)45-37/h1-24H. The van der Waals surface area contributed by atoms with Crippen LogP contribution in [0.5, 0.6) is 0 Å². The first kappa shape index (κ1) is 25.3. The van der Waals surface area contributed by atoms with E-state index in [-0.39, 0.29) is 0 Å². The SMILES string of the molecule is c1ccc(-c2nc(-c3ccc(-c4nccc5c4oc4ccc6ccccc6c45)cc3)nc(-c3ccc4ccccc4c3)n2)cc1. The van der Waals surface area contributed by atoms with Crippen molar-refractivity contribution < 1.29 is 4.42 Å². The molecule has 5 nitrogen and oxygen atoms in total. The summed E-state index contributed by atoms with van der Waals surface area (Å²) in [5, 5.41) is 6.85. The molecule has 5 heteroatoms. The van der Waals surface area contributed by atoms with Gasteiger partial charge in [-0.3, -0.25) is 4.98 Å². The summed E-state index contributed by atoms with van der Waals surface area (Å²) in [6.45, 7) is 0. The molecular formula is C40H24N4O. The van der Waals surface area contributed by atoms with Crippen LogP contribution >= 0.6 is 0 Å². The molecule has 45 heavy (non-hydrogen) atoms. The number of nitrogens with zero attached hydrogens (tertiary/aromatic N) is 4. The maximum Gasteiger partial charge on any atom is 0.164 e. The molecule has 0 amide bonds. The van der Waals surface area contributed by atoms with Crippen molar-refractivity contribution in [2.45, 2.75) is 0 Å². The first-order valence-electron chi connectivity index (χ1n) is 14.9. The maximum atomic E-state index is 6.43. The van der Waals surface area contributed by atoms with Gasteiger partial charge in [0.25, 0.3) is 0 Å². The molecule has 210 valence electrons. The fourth-order valence-electron chi connectivity index (χ4n) is 6.13. The second-order valence-electron chi connectivity index (χ2n) is 11.1. The van der Waals surface area contributed by atoms with Gasteiger partial charge in [0.2, 0.25) is 0 Å². The third-order valence-corrected chi connectivity index (χ3v) is 8.37. The lowest BCUT2D eigenvalue weighted by Gasteiger charge is -2.09. The normalized spacial score (nSPS) is 11.6. The minimum absolute atomic E-state index is 0.611. The molecular weight excluding hydrogens is 552 g/mol. The summed E-state index contributed by atoms with van der Waals surface area (Å²) in [5.41, 5.74) is 6.17. The fraction of sp³-hybridized carbons (Fsp3) is 0. The summed E-state index contributed by atoms with van der Waals surface area (Å²) in [4.78, 5) is 19.5. The van der Waals surface area contributed by atoms with Gasteiger partial charge in [0.05, 0.1) is 0 Å². The summed E-state index contributed by atoms with van der Waals surface area (Å²) in [7, 11) is 0. The molecule has 0 aliphatic carbocycles. The van der Waals surface area contributed by atoms with Gasteiger partial charge in [0, 0.05) is 39.2 Å². The van der Waals surface area contributed by atoms with E-state index in [0.717, 1.165) is 55.3 Å². The number of hydrogen-bond donors (Lipinski definition) is 0. The highest BCUT2D eigenvalue weighted by Gasteiger charge is 2.17. The van der Waals surface area contributed by atoms with E-state index in [9.17, 15) is 0 Å². The Morgan fingerprint density at radius 2 is 1.02 bits per heavy atom. The summed E-state index contributed by atoms with van der Waals surface area (Å²) in [5.74, 6) is 1.88. The highest BCUT2D eigenvalue weighted by Crippen LogP contribution is 2.38. The zero-order chi connectivity index (χ0) is 29.7. The number of hydrogen-bond acceptors (Lipinski definition) is 5. The van der Waals surface area contributed by atoms with Crippen LogP contribution in [0.3, 0.4) is 0 Å². The average molecular weight is 577 g/mol. The first-order valence-corrected chi connectivity index (χ1v) is 14.9. The van der Waals surface area contributed by atoms with Gasteiger partial charge in [-0.15, -0.1) is 0 Å². The molecule has 3 heterocycles. The zero-order valence-electron chi connectivity index (χ0n) is 24.1. The molecule has 0 radical (unpaired) electrons. The van der Waals surface area contributed by atoms with Crippen LogP contribution in [0, 0.1) is 0 Å². The van der Waals surface area contributed by atoms with E-state index in [4.69, 9.17) is 24.4 Å². The lowest BCUT2D eigenvalue weighted by atomic mass is 10.0. The van der Waals surface area contributed by atoms with E-state index in [2.05, 4.69) is 72.8 Å². The highest BCUT2D eigenvalue weighted by atomic mass is 16.3. The molecule has 0 fully saturated rings. The van der Waals surface area contributed by atoms with Crippen LogP contribution in [0.25, 0.3) is 88.9 Å². The smallest absolute Gasteiger partial charge is 0.164 e. The quantitative estimate of drug-likeness (QED) is 0.209. The van der Waals surface area contributed by atoms with Crippen molar-refractivity contribution in [2.75, 3.05) is 0 Å². The van der Waals surface area contributed by atoms with Crippen LogP contribution in [-0.4, -0.2) is 19.9 Å². The monoisotopic (exact) mass is 576 g/mol. The van der Waals surface area contributed by atoms with Gasteiger partial charge >= 0.3 is 0 Å². The zero-order valence-corrected chi connectivity index (χ0v) is 24.1. The van der Waals surface area contributed by atoms with Gasteiger partial charge in [0.1, 0.15) is 11.3 Å². The molecule has 0 saturated heterocycles. The van der Waals surface area contributed by atoms with Crippen molar-refractivity contribution in [3.05, 3.63) is 146 Å². The van der Waals surface area contributed by atoms with E-state index in [1.165, 1.54) is 16.2 Å². The van der Waals surface area contributed by atoms with Crippen LogP contribution in [0.1, 0.15) is 0 Å². The molecule has 9 rings (SSSR count). The van der Waals surface area contributed by atoms with E-state index >= 15 is 0 Å². The molecule has 9 aromatic rings. The third kappa shape index (κ3) is 4.33. The number of pyridine rings is 1. The van der Waals surface area contributed by atoms with Crippen molar-refractivity contribution in [2.24, 2.45) is 0 Å². The Hall–Kier alpha value is -6.20. The van der Waals surface area contributed by atoms with Crippen LogP contribution in [-0.2, 0) is 0 Å². The van der Waals surface area contributed by atoms with Crippen LogP contribution in [0.15, 0.2) is 150 Å². The molecule has 0 aliphatic heterocycles. The molecule has 0 aliphatic rings. The number of benzene rings is 6. The second kappa shape index (κ2) is 10.2. The largest absolute Gasteiger partial charge is 0.454 e. The Morgan fingerprint density at radius 1 is 0.422 bits per heavy atom. The van der Waals surface area contributed by atoms with E-state index in [0.29, 0.717) is 17.5 Å². The van der Waals surface area contributed by atoms with Gasteiger partial charge in [-0.2, -0.15) is 0 Å². The molecule has 6 aromatic carbocycles. The Balaban J connectivity index is 1.16. The lowest BCUT2D eigenvalue weighted by molar-refractivity contribution is 0.668. The van der Waals surface area contributed by atoms with Crippen LogP contribution in [0.4, 0.5) is 0 Å². The molecule has 0 spiro atoms. The highest BCUT2D eigenvalue weighted by molar-refractivity contribution is 6.20.